The molecule has 24 heavy (non-hydrogen) atoms. The first kappa shape index (κ1) is 31.6. The van der Waals surface area contributed by atoms with Gasteiger partial charge in [0, 0.05) is 0 Å². The minimum absolute atomic E-state index is 0. The van der Waals surface area contributed by atoms with Crippen molar-refractivity contribution in [2.45, 2.75) is 12.8 Å². The number of hydrogen-bond donors (Lipinski definition) is 0. The van der Waals surface area contributed by atoms with E-state index in [1.165, 1.54) is 12.8 Å². The molecule has 0 amide bonds. The average molecular weight is 1150 g/mol. The molecule has 2 aliphatic heterocycles. The van der Waals surface area contributed by atoms with Gasteiger partial charge in [-0.2, -0.15) is 13.3 Å². The van der Waals surface area contributed by atoms with Gasteiger partial charge in [-0.1, -0.05) is 0 Å². The molecule has 0 aromatic rings. The number of nitrogens with two attached hydrogens (primary N) is 2. The van der Waals surface area contributed by atoms with Crippen LogP contribution in [0.15, 0.2) is 24.8 Å². The molecule has 12 heteroatoms. The Kier molecular flexibility index (Phi) is 29.2. The van der Waals surface area contributed by atoms with Gasteiger partial charge in [0.05, 0.1) is 0 Å². The minimum atomic E-state index is 0. The van der Waals surface area contributed by atoms with Gasteiger partial charge in [0.2, 0.25) is 0 Å². The van der Waals surface area contributed by atoms with Crippen molar-refractivity contribution in [3.05, 3.63) is 50.4 Å². The van der Waals surface area contributed by atoms with Crippen LogP contribution in [-0.2, 0) is 22.4 Å². The average Bonchev–Trinajstić information content (AvgIpc) is 3.06. The third kappa shape index (κ3) is 18.3. The van der Waals surface area contributed by atoms with E-state index < -0.39 is 0 Å². The molecule has 0 bridgehead atoms. The summed E-state index contributed by atoms with van der Waals surface area (Å²) in [6.07, 6.45) is 10.8. The van der Waals surface area contributed by atoms with Crippen molar-refractivity contribution < 1.29 is 22.4 Å². The first-order valence-corrected chi connectivity index (χ1v) is 32.0. The summed E-state index contributed by atoms with van der Waals surface area (Å²) in [5.41, 5.74) is 0. The first-order chi connectivity index (χ1) is 10.6. The predicted octanol–water partition coefficient (Wildman–Crippen LogP) is 6.41. The smallest absolute Gasteiger partial charge is 0.693 e. The summed E-state index contributed by atoms with van der Waals surface area (Å²) >= 11 is 10.6. The number of unbranched alkanes of at least 4 members (excludes halogenated alkanes) is 1. The molecule has 0 saturated carbocycles. The molecule has 0 aliphatic carbocycles. The number of halogens is 4. The Morgan fingerprint density at radius 1 is 0.708 bits per heavy atom. The molecule has 0 unspecified atom stereocenters. The van der Waals surface area contributed by atoms with Gasteiger partial charge in [-0.05, 0) is 64.8 Å². The van der Waals surface area contributed by atoms with Gasteiger partial charge in [0.25, 0.3) is 0 Å². The van der Waals surface area contributed by atoms with Crippen molar-refractivity contribution in [2.75, 3.05) is 27.2 Å². The SMILES string of the molecule is CN1C=CN(CCCCN2C=CN(C)[CH-]2)[CH-]1.[I][Pt+2][I].[I][Pt+2][I].[NH2-].[NH2-]. The van der Waals surface area contributed by atoms with Crippen molar-refractivity contribution in [3.8, 4) is 0 Å². The number of nitrogens with zero attached hydrogens (tertiary/aromatic N) is 4. The van der Waals surface area contributed by atoms with Crippen LogP contribution in [0.2, 0.25) is 0 Å². The zero-order valence-corrected chi connectivity index (χ0v) is 26.6. The summed E-state index contributed by atoms with van der Waals surface area (Å²) < 4.78 is 0. The second kappa shape index (κ2) is 22.2. The van der Waals surface area contributed by atoms with Gasteiger partial charge in [-0.3, -0.25) is 0 Å². The molecule has 0 spiro atoms. The van der Waals surface area contributed by atoms with Gasteiger partial charge in [0.1, 0.15) is 0 Å². The van der Waals surface area contributed by atoms with Crippen LogP contribution in [0.25, 0.3) is 12.3 Å². The third-order valence-electron chi connectivity index (χ3n) is 2.73. The Bertz CT molecular complexity index is 298. The van der Waals surface area contributed by atoms with Crippen molar-refractivity contribution in [1.29, 1.82) is 0 Å². The summed E-state index contributed by atoms with van der Waals surface area (Å²) in [4.78, 5) is 8.61. The molecule has 6 nitrogen and oxygen atoms in total. The quantitative estimate of drug-likeness (QED) is 0.181. The van der Waals surface area contributed by atoms with Crippen molar-refractivity contribution in [2.24, 2.45) is 0 Å². The Labute approximate surface area is 206 Å². The van der Waals surface area contributed by atoms with E-state index in [1.54, 1.807) is 0 Å². The molecular weight excluding hydrogens is 1130 g/mol. The van der Waals surface area contributed by atoms with Crippen molar-refractivity contribution in [3.63, 3.8) is 0 Å². The summed E-state index contributed by atoms with van der Waals surface area (Å²) in [6.45, 7) is 6.45. The third-order valence-corrected chi connectivity index (χ3v) is 2.73. The van der Waals surface area contributed by atoms with Crippen LogP contribution in [0.4, 0.5) is 0 Å². The molecule has 0 aromatic heterocycles. The second-order valence-corrected chi connectivity index (χ2v) is 37.6. The van der Waals surface area contributed by atoms with E-state index in [-0.39, 0.29) is 12.3 Å². The van der Waals surface area contributed by atoms with Crippen LogP contribution in [0.5, 0.6) is 0 Å². The van der Waals surface area contributed by atoms with E-state index in [0.717, 1.165) is 13.1 Å². The van der Waals surface area contributed by atoms with Gasteiger partial charge in [0.15, 0.2) is 0 Å². The molecule has 0 fully saturated rings. The van der Waals surface area contributed by atoms with Crippen LogP contribution in [-0.4, -0.2) is 46.8 Å². The van der Waals surface area contributed by atoms with Crippen molar-refractivity contribution in [1.82, 2.24) is 19.6 Å². The summed E-state index contributed by atoms with van der Waals surface area (Å²) in [6, 6.07) is 0. The van der Waals surface area contributed by atoms with Crippen LogP contribution in [0.3, 0.4) is 0 Å². The van der Waals surface area contributed by atoms with Gasteiger partial charge in [-0.15, -0.1) is 0 Å². The Morgan fingerprint density at radius 3 is 1.21 bits per heavy atom. The molecule has 0 aromatic carbocycles. The first-order valence-electron chi connectivity index (χ1n) is 6.24. The van der Waals surface area contributed by atoms with E-state index >= 15 is 0 Å². The van der Waals surface area contributed by atoms with Crippen LogP contribution in [0.1, 0.15) is 12.8 Å². The monoisotopic (exact) mass is 1150 g/mol. The van der Waals surface area contributed by atoms with Crippen LogP contribution in [0, 0.1) is 13.3 Å². The maximum Gasteiger partial charge on any atom is -0.693 e. The van der Waals surface area contributed by atoms with E-state index in [0.29, 0.717) is 22.4 Å². The van der Waals surface area contributed by atoms with Crippen molar-refractivity contribution >= 4 is 77.4 Å². The topological polar surface area (TPSA) is 80.0 Å². The minimum Gasteiger partial charge on any atom is -0.693 e. The molecule has 2 aliphatic rings. The summed E-state index contributed by atoms with van der Waals surface area (Å²) in [7, 11) is 4.10. The summed E-state index contributed by atoms with van der Waals surface area (Å²) in [5.74, 6) is 0. The zero-order valence-electron chi connectivity index (χ0n) is 13.4. The normalized spacial score (nSPS) is 14.8. The van der Waals surface area contributed by atoms with E-state index in [1.807, 2.05) is 0 Å². The Balaban J connectivity index is -0.000000486. The van der Waals surface area contributed by atoms with E-state index in [9.17, 15) is 0 Å². The maximum atomic E-state index is 2.39. The predicted molar refractivity (Wildman–Crippen MR) is 132 cm³/mol. The fraction of sp³-hybridized carbons (Fsp3) is 0.500. The molecule has 0 atom stereocenters. The maximum absolute atomic E-state index is 2.39. The van der Waals surface area contributed by atoms with Gasteiger partial charge < -0.3 is 31.9 Å². The van der Waals surface area contributed by atoms with Gasteiger partial charge >= 0.3 is 99.8 Å². The standard InChI is InChI=1S/C12H20N4.4HI.2H2N.2Pt/c1-13-7-9-15(11-13)5-3-4-6-16-10-8-14(2)12-16;;;;;;;;/h7-12H,3-6H2,1-2H3;4*1H;2*1H2;;/q-2;;;;;2*-1;2*+4/p-4. The molecular formula is C12H24I4N6Pt2. The van der Waals surface area contributed by atoms with E-state index in [2.05, 4.69) is 149 Å². The van der Waals surface area contributed by atoms with Gasteiger partial charge in [-0.25, -0.2) is 0 Å². The number of hydrogen-bond acceptors (Lipinski definition) is 4. The van der Waals surface area contributed by atoms with E-state index in [4.69, 9.17) is 0 Å². The molecule has 0 saturated heterocycles. The molecule has 4 N–H and O–H groups in total. The zero-order chi connectivity index (χ0) is 16.8. The number of rotatable bonds is 5. The fourth-order valence-electron chi connectivity index (χ4n) is 1.86. The van der Waals surface area contributed by atoms with Crippen LogP contribution >= 0.6 is 77.4 Å². The molecule has 150 valence electrons. The molecule has 2 rings (SSSR count). The second-order valence-electron chi connectivity index (χ2n) is 4.43. The molecule has 0 radical (unpaired) electrons. The fourth-order valence-corrected chi connectivity index (χ4v) is 1.86. The van der Waals surface area contributed by atoms with Crippen LogP contribution < -0.4 is 0 Å². The largest absolute Gasteiger partial charge is 0.693 e. The Morgan fingerprint density at radius 2 is 1.00 bits per heavy atom. The Hall–Kier alpha value is 2.90. The summed E-state index contributed by atoms with van der Waals surface area (Å²) in [5, 5.41) is 0. The molecule has 2 heterocycles.